The molecule has 0 fully saturated rings. The standard InChI is InChI=1S/C25H22N2O4S/c1-16-22(24(29)31-3)20(14-11-17-7-5-4-6-8-17)27-23(28)21(32-25(27)26-16)15-18-9-12-19(30-2)13-10-18/h4-15,20H,1-3H3/b14-11+,21-15-/t20-/m1/s1. The van der Waals surface area contributed by atoms with Gasteiger partial charge in [0.25, 0.3) is 5.56 Å². The maximum atomic E-state index is 13.4. The van der Waals surface area contributed by atoms with Crippen molar-refractivity contribution in [2.45, 2.75) is 13.0 Å². The first kappa shape index (κ1) is 21.5. The summed E-state index contributed by atoms with van der Waals surface area (Å²) in [4.78, 5) is 31.0. The summed E-state index contributed by atoms with van der Waals surface area (Å²) in [5.74, 6) is 0.242. The summed E-state index contributed by atoms with van der Waals surface area (Å²) in [6, 6.07) is 16.5. The normalized spacial score (nSPS) is 16.1. The number of benzene rings is 2. The summed E-state index contributed by atoms with van der Waals surface area (Å²) in [6.45, 7) is 1.76. The van der Waals surface area contributed by atoms with Crippen molar-refractivity contribution in [3.05, 3.63) is 103 Å². The molecule has 0 unspecified atom stereocenters. The molecule has 2 heterocycles. The number of rotatable bonds is 5. The molecular weight excluding hydrogens is 424 g/mol. The minimum absolute atomic E-state index is 0.207. The number of esters is 1. The third-order valence-electron chi connectivity index (χ3n) is 5.15. The molecule has 3 aromatic rings. The van der Waals surface area contributed by atoms with Crippen molar-refractivity contribution in [2.75, 3.05) is 14.2 Å². The predicted octanol–water partition coefficient (Wildman–Crippen LogP) is 3.08. The Hall–Kier alpha value is -3.71. The van der Waals surface area contributed by atoms with Crippen molar-refractivity contribution in [1.82, 2.24) is 4.57 Å². The summed E-state index contributed by atoms with van der Waals surface area (Å²) >= 11 is 1.29. The van der Waals surface area contributed by atoms with Gasteiger partial charge >= 0.3 is 5.97 Å². The van der Waals surface area contributed by atoms with E-state index in [2.05, 4.69) is 4.99 Å². The van der Waals surface area contributed by atoms with Crippen LogP contribution < -0.4 is 19.6 Å². The Balaban J connectivity index is 1.85. The molecule has 32 heavy (non-hydrogen) atoms. The fourth-order valence-corrected chi connectivity index (χ4v) is 4.59. The lowest BCUT2D eigenvalue weighted by atomic mass is 10.0. The van der Waals surface area contributed by atoms with Gasteiger partial charge in [-0.1, -0.05) is 66.0 Å². The van der Waals surface area contributed by atoms with Crippen LogP contribution in [0, 0.1) is 0 Å². The van der Waals surface area contributed by atoms with Crippen LogP contribution in [0.4, 0.5) is 0 Å². The zero-order chi connectivity index (χ0) is 22.7. The summed E-state index contributed by atoms with van der Waals surface area (Å²) in [6.07, 6.45) is 5.56. The molecule has 2 aromatic carbocycles. The van der Waals surface area contributed by atoms with Crippen LogP contribution in [-0.2, 0) is 9.53 Å². The fourth-order valence-electron chi connectivity index (χ4n) is 3.54. The number of carbonyl (C=O) groups excluding carboxylic acids is 1. The lowest BCUT2D eigenvalue weighted by Gasteiger charge is -2.21. The minimum atomic E-state index is -0.614. The van der Waals surface area contributed by atoms with E-state index in [1.54, 1.807) is 18.6 Å². The second-order valence-electron chi connectivity index (χ2n) is 7.16. The molecule has 6 nitrogen and oxygen atoms in total. The first-order valence-electron chi connectivity index (χ1n) is 10.00. The van der Waals surface area contributed by atoms with Crippen molar-refractivity contribution < 1.29 is 14.3 Å². The molecule has 4 rings (SSSR count). The monoisotopic (exact) mass is 446 g/mol. The lowest BCUT2D eigenvalue weighted by molar-refractivity contribution is -0.136. The number of carbonyl (C=O) groups is 1. The third-order valence-corrected chi connectivity index (χ3v) is 6.14. The highest BCUT2D eigenvalue weighted by Gasteiger charge is 2.30. The number of hydrogen-bond donors (Lipinski definition) is 0. The molecule has 0 saturated heterocycles. The number of fused-ring (bicyclic) bond motifs is 1. The number of thiazole rings is 1. The van der Waals surface area contributed by atoms with Gasteiger partial charge in [-0.15, -0.1) is 0 Å². The molecule has 1 aliphatic heterocycles. The summed E-state index contributed by atoms with van der Waals surface area (Å²) < 4.78 is 12.3. The first-order chi connectivity index (χ1) is 15.5. The smallest absolute Gasteiger partial charge is 0.338 e. The van der Waals surface area contributed by atoms with E-state index in [9.17, 15) is 9.59 Å². The molecule has 0 bridgehead atoms. The maximum absolute atomic E-state index is 13.4. The van der Waals surface area contributed by atoms with Crippen molar-refractivity contribution in [3.8, 4) is 5.75 Å². The summed E-state index contributed by atoms with van der Waals surface area (Å²) in [5, 5.41) is 0. The largest absolute Gasteiger partial charge is 0.497 e. The van der Waals surface area contributed by atoms with Gasteiger partial charge in [0.05, 0.1) is 36.1 Å². The van der Waals surface area contributed by atoms with Gasteiger partial charge in [-0.3, -0.25) is 9.36 Å². The Bertz CT molecular complexity index is 1380. The molecule has 0 saturated carbocycles. The Morgan fingerprint density at radius 1 is 1.06 bits per heavy atom. The molecule has 0 aliphatic carbocycles. The number of methoxy groups -OCH3 is 2. The molecule has 0 radical (unpaired) electrons. The van der Waals surface area contributed by atoms with E-state index in [0.717, 1.165) is 16.9 Å². The maximum Gasteiger partial charge on any atom is 0.338 e. The van der Waals surface area contributed by atoms with Gasteiger partial charge in [0.2, 0.25) is 0 Å². The van der Waals surface area contributed by atoms with Crippen LogP contribution in [0.3, 0.4) is 0 Å². The number of ether oxygens (including phenoxy) is 2. The van der Waals surface area contributed by atoms with Gasteiger partial charge in [0.1, 0.15) is 5.75 Å². The van der Waals surface area contributed by atoms with Gasteiger partial charge in [-0.05, 0) is 36.3 Å². The molecular formula is C25H22N2O4S. The van der Waals surface area contributed by atoms with Gasteiger partial charge in [0, 0.05) is 0 Å². The fraction of sp³-hybridized carbons (Fsp3) is 0.160. The summed E-state index contributed by atoms with van der Waals surface area (Å²) in [7, 11) is 2.94. The molecule has 0 amide bonds. The van der Waals surface area contributed by atoms with Crippen molar-refractivity contribution in [1.29, 1.82) is 0 Å². The van der Waals surface area contributed by atoms with E-state index in [0.29, 0.717) is 20.6 Å². The molecule has 1 aliphatic rings. The molecule has 0 spiro atoms. The molecule has 7 heteroatoms. The van der Waals surface area contributed by atoms with E-state index < -0.39 is 12.0 Å². The van der Waals surface area contributed by atoms with Crippen LogP contribution in [0.15, 0.2) is 81.7 Å². The highest BCUT2D eigenvalue weighted by atomic mass is 32.1. The van der Waals surface area contributed by atoms with E-state index in [1.807, 2.05) is 72.8 Å². The Morgan fingerprint density at radius 3 is 2.44 bits per heavy atom. The van der Waals surface area contributed by atoms with Crippen molar-refractivity contribution in [3.63, 3.8) is 0 Å². The number of nitrogens with zero attached hydrogens (tertiary/aromatic N) is 2. The van der Waals surface area contributed by atoms with Gasteiger partial charge in [-0.25, -0.2) is 9.79 Å². The second kappa shape index (κ2) is 9.20. The zero-order valence-electron chi connectivity index (χ0n) is 17.9. The van der Waals surface area contributed by atoms with Crippen molar-refractivity contribution >= 4 is 29.5 Å². The Kier molecular flexibility index (Phi) is 6.18. The topological polar surface area (TPSA) is 69.9 Å². The van der Waals surface area contributed by atoms with Crippen LogP contribution in [0.1, 0.15) is 24.1 Å². The lowest BCUT2D eigenvalue weighted by Crippen LogP contribution is -2.38. The number of aromatic nitrogens is 1. The zero-order valence-corrected chi connectivity index (χ0v) is 18.8. The average Bonchev–Trinajstić information content (AvgIpc) is 3.12. The Morgan fingerprint density at radius 2 is 1.78 bits per heavy atom. The molecule has 1 aromatic heterocycles. The summed E-state index contributed by atoms with van der Waals surface area (Å²) in [5.41, 5.74) is 2.52. The van der Waals surface area contributed by atoms with E-state index in [1.165, 1.54) is 18.4 Å². The molecule has 0 N–H and O–H groups in total. The highest BCUT2D eigenvalue weighted by molar-refractivity contribution is 7.07. The van der Waals surface area contributed by atoms with Crippen LogP contribution in [0.5, 0.6) is 5.75 Å². The first-order valence-corrected chi connectivity index (χ1v) is 10.8. The number of allylic oxidation sites excluding steroid dienone is 2. The second-order valence-corrected chi connectivity index (χ2v) is 8.17. The average molecular weight is 447 g/mol. The van der Waals surface area contributed by atoms with Gasteiger partial charge in [-0.2, -0.15) is 0 Å². The Labute approximate surface area is 189 Å². The van der Waals surface area contributed by atoms with Crippen molar-refractivity contribution in [2.24, 2.45) is 4.99 Å². The van der Waals surface area contributed by atoms with Gasteiger partial charge in [0.15, 0.2) is 4.80 Å². The molecule has 162 valence electrons. The van der Waals surface area contributed by atoms with E-state index >= 15 is 0 Å². The van der Waals surface area contributed by atoms with Crippen LogP contribution in [0.2, 0.25) is 0 Å². The predicted molar refractivity (Wildman–Crippen MR) is 125 cm³/mol. The van der Waals surface area contributed by atoms with Crippen LogP contribution in [-0.4, -0.2) is 24.8 Å². The van der Waals surface area contributed by atoms with E-state index in [4.69, 9.17) is 9.47 Å². The SMILES string of the molecule is COC(=O)C1=C(C)N=c2s/c(=C\c3ccc(OC)cc3)c(=O)n2[C@@H]1/C=C/c1ccccc1. The van der Waals surface area contributed by atoms with E-state index in [-0.39, 0.29) is 5.56 Å². The third kappa shape index (κ3) is 4.20. The number of hydrogen-bond acceptors (Lipinski definition) is 6. The van der Waals surface area contributed by atoms with Crippen LogP contribution >= 0.6 is 11.3 Å². The minimum Gasteiger partial charge on any atom is -0.497 e. The van der Waals surface area contributed by atoms with Crippen LogP contribution in [0.25, 0.3) is 12.2 Å². The van der Waals surface area contributed by atoms with Gasteiger partial charge < -0.3 is 9.47 Å². The quantitative estimate of drug-likeness (QED) is 0.565. The highest BCUT2D eigenvalue weighted by Crippen LogP contribution is 2.26. The molecule has 1 atom stereocenters.